The molecule has 1 heterocycles. The second kappa shape index (κ2) is 6.32. The van der Waals surface area contributed by atoms with Crippen molar-refractivity contribution in [3.8, 4) is 0 Å². The third-order valence-corrected chi connectivity index (χ3v) is 2.83. The molecule has 20 heavy (non-hydrogen) atoms. The first-order valence-electron chi connectivity index (χ1n) is 6.77. The lowest BCUT2D eigenvalue weighted by Crippen LogP contribution is -2.06. The van der Waals surface area contributed by atoms with Crippen molar-refractivity contribution in [1.82, 2.24) is 9.97 Å². The number of nitrogens with one attached hydrogen (secondary N) is 2. The molecule has 0 aliphatic heterocycles. The molecule has 0 aliphatic carbocycles. The molecule has 0 fully saturated rings. The minimum atomic E-state index is -0.285. The van der Waals surface area contributed by atoms with Gasteiger partial charge >= 0.3 is 0 Å². The molecule has 0 spiro atoms. The highest BCUT2D eigenvalue weighted by Crippen LogP contribution is 2.21. The summed E-state index contributed by atoms with van der Waals surface area (Å²) < 4.78 is 13.8. The van der Waals surface area contributed by atoms with Crippen LogP contribution in [0, 0.1) is 12.7 Å². The number of aryl methyl sites for hydroxylation is 2. The Kier molecular flexibility index (Phi) is 4.50. The lowest BCUT2D eigenvalue weighted by molar-refractivity contribution is 0.630. The van der Waals surface area contributed by atoms with Crippen molar-refractivity contribution in [2.24, 2.45) is 0 Å². The molecule has 0 bridgehead atoms. The van der Waals surface area contributed by atoms with Gasteiger partial charge in [0.05, 0.1) is 5.69 Å². The molecule has 5 heteroatoms. The maximum absolute atomic E-state index is 13.8. The van der Waals surface area contributed by atoms with Gasteiger partial charge in [0.2, 0.25) is 0 Å². The predicted molar refractivity (Wildman–Crippen MR) is 80.0 cm³/mol. The van der Waals surface area contributed by atoms with Crippen molar-refractivity contribution >= 4 is 17.3 Å². The molecule has 2 aromatic rings. The molecule has 1 aromatic carbocycles. The van der Waals surface area contributed by atoms with Gasteiger partial charge in [-0.25, -0.2) is 14.4 Å². The largest absolute Gasteiger partial charge is 0.370 e. The SMILES string of the molecule is CCNc1cc(Nc2ccc(C)cc2F)nc(CC)n1. The Morgan fingerprint density at radius 2 is 1.85 bits per heavy atom. The van der Waals surface area contributed by atoms with Crippen LogP contribution in [0.25, 0.3) is 0 Å². The van der Waals surface area contributed by atoms with E-state index in [9.17, 15) is 4.39 Å². The lowest BCUT2D eigenvalue weighted by atomic mass is 10.2. The molecule has 0 radical (unpaired) electrons. The molecule has 0 unspecified atom stereocenters. The van der Waals surface area contributed by atoms with Crippen LogP contribution in [0.3, 0.4) is 0 Å². The molecule has 1 aromatic heterocycles. The van der Waals surface area contributed by atoms with Crippen molar-refractivity contribution in [2.75, 3.05) is 17.2 Å². The number of aromatic nitrogens is 2. The summed E-state index contributed by atoms with van der Waals surface area (Å²) in [5.41, 5.74) is 1.30. The Balaban J connectivity index is 2.29. The fraction of sp³-hybridized carbons (Fsp3) is 0.333. The van der Waals surface area contributed by atoms with Crippen molar-refractivity contribution in [2.45, 2.75) is 27.2 Å². The van der Waals surface area contributed by atoms with Crippen LogP contribution in [-0.2, 0) is 6.42 Å². The van der Waals surface area contributed by atoms with Gasteiger partial charge in [-0.15, -0.1) is 0 Å². The monoisotopic (exact) mass is 274 g/mol. The molecule has 0 aliphatic rings. The predicted octanol–water partition coefficient (Wildman–Crippen LogP) is 3.66. The smallest absolute Gasteiger partial charge is 0.146 e. The normalized spacial score (nSPS) is 10.4. The zero-order valence-electron chi connectivity index (χ0n) is 12.0. The molecule has 0 atom stereocenters. The van der Waals surface area contributed by atoms with Crippen LogP contribution in [0.2, 0.25) is 0 Å². The van der Waals surface area contributed by atoms with Gasteiger partial charge in [0.25, 0.3) is 0 Å². The van der Waals surface area contributed by atoms with E-state index in [2.05, 4.69) is 20.6 Å². The number of hydrogen-bond acceptors (Lipinski definition) is 4. The van der Waals surface area contributed by atoms with E-state index >= 15 is 0 Å². The highest BCUT2D eigenvalue weighted by atomic mass is 19.1. The third kappa shape index (κ3) is 3.44. The highest BCUT2D eigenvalue weighted by Gasteiger charge is 2.06. The Bertz CT molecular complexity index is 598. The van der Waals surface area contributed by atoms with Gasteiger partial charge in [0.1, 0.15) is 23.3 Å². The summed E-state index contributed by atoms with van der Waals surface area (Å²) in [6, 6.07) is 6.85. The van der Waals surface area contributed by atoms with E-state index in [1.54, 1.807) is 12.1 Å². The van der Waals surface area contributed by atoms with Gasteiger partial charge < -0.3 is 10.6 Å². The maximum atomic E-state index is 13.8. The quantitative estimate of drug-likeness (QED) is 0.873. The molecular formula is C15H19FN4. The molecular weight excluding hydrogens is 255 g/mol. The summed E-state index contributed by atoms with van der Waals surface area (Å²) in [4.78, 5) is 8.73. The summed E-state index contributed by atoms with van der Waals surface area (Å²) in [6.45, 7) is 6.62. The van der Waals surface area contributed by atoms with Crippen molar-refractivity contribution in [3.63, 3.8) is 0 Å². The Morgan fingerprint density at radius 1 is 1.10 bits per heavy atom. The van der Waals surface area contributed by atoms with Crippen molar-refractivity contribution in [1.29, 1.82) is 0 Å². The number of hydrogen-bond donors (Lipinski definition) is 2. The zero-order chi connectivity index (χ0) is 14.5. The fourth-order valence-electron chi connectivity index (χ4n) is 1.85. The first-order valence-corrected chi connectivity index (χ1v) is 6.77. The van der Waals surface area contributed by atoms with Gasteiger partial charge in [-0.1, -0.05) is 13.0 Å². The number of benzene rings is 1. The summed E-state index contributed by atoms with van der Waals surface area (Å²) >= 11 is 0. The Labute approximate surface area is 118 Å². The van der Waals surface area contributed by atoms with Crippen LogP contribution >= 0.6 is 0 Å². The molecule has 0 saturated heterocycles. The summed E-state index contributed by atoms with van der Waals surface area (Å²) in [7, 11) is 0. The van der Waals surface area contributed by atoms with E-state index in [4.69, 9.17) is 0 Å². The molecule has 0 saturated carbocycles. The Hall–Kier alpha value is -2.17. The summed E-state index contributed by atoms with van der Waals surface area (Å²) in [6.07, 6.45) is 0.726. The van der Waals surface area contributed by atoms with Crippen LogP contribution in [0.1, 0.15) is 25.2 Å². The average Bonchev–Trinajstić information content (AvgIpc) is 2.42. The van der Waals surface area contributed by atoms with E-state index in [1.165, 1.54) is 6.07 Å². The van der Waals surface area contributed by atoms with E-state index in [1.807, 2.05) is 26.8 Å². The highest BCUT2D eigenvalue weighted by molar-refractivity contribution is 5.60. The van der Waals surface area contributed by atoms with Gasteiger partial charge in [0, 0.05) is 19.0 Å². The number of anilines is 3. The van der Waals surface area contributed by atoms with Crippen molar-refractivity contribution in [3.05, 3.63) is 41.5 Å². The van der Waals surface area contributed by atoms with Crippen LogP contribution in [0.15, 0.2) is 24.3 Å². The van der Waals surface area contributed by atoms with E-state index in [0.717, 1.165) is 30.2 Å². The second-order valence-corrected chi connectivity index (χ2v) is 4.55. The summed E-state index contributed by atoms with van der Waals surface area (Å²) in [5, 5.41) is 6.15. The topological polar surface area (TPSA) is 49.8 Å². The molecule has 0 amide bonds. The van der Waals surface area contributed by atoms with Crippen molar-refractivity contribution < 1.29 is 4.39 Å². The molecule has 4 nitrogen and oxygen atoms in total. The van der Waals surface area contributed by atoms with Crippen LogP contribution in [0.4, 0.5) is 21.7 Å². The molecule has 2 rings (SSSR count). The first-order chi connectivity index (χ1) is 9.62. The maximum Gasteiger partial charge on any atom is 0.146 e. The number of nitrogens with zero attached hydrogens (tertiary/aromatic N) is 2. The van der Waals surface area contributed by atoms with Crippen LogP contribution < -0.4 is 10.6 Å². The molecule has 2 N–H and O–H groups in total. The van der Waals surface area contributed by atoms with Crippen LogP contribution in [0.5, 0.6) is 0 Å². The molecule has 106 valence electrons. The van der Waals surface area contributed by atoms with E-state index in [0.29, 0.717) is 11.5 Å². The van der Waals surface area contributed by atoms with Gasteiger partial charge in [-0.2, -0.15) is 0 Å². The summed E-state index contributed by atoms with van der Waals surface area (Å²) in [5.74, 6) is 1.77. The lowest BCUT2D eigenvalue weighted by Gasteiger charge is -2.11. The van der Waals surface area contributed by atoms with E-state index < -0.39 is 0 Å². The minimum absolute atomic E-state index is 0.285. The fourth-order valence-corrected chi connectivity index (χ4v) is 1.85. The zero-order valence-corrected chi connectivity index (χ0v) is 12.0. The number of rotatable bonds is 5. The van der Waals surface area contributed by atoms with Gasteiger partial charge in [-0.05, 0) is 31.5 Å². The van der Waals surface area contributed by atoms with Crippen LogP contribution in [-0.4, -0.2) is 16.5 Å². The standard InChI is InChI=1S/C15H19FN4/c1-4-13-19-14(17-5-2)9-15(20-13)18-12-7-6-10(3)8-11(12)16/h6-9H,4-5H2,1-3H3,(H2,17,18,19,20). The third-order valence-electron chi connectivity index (χ3n) is 2.83. The first kappa shape index (κ1) is 14.2. The minimum Gasteiger partial charge on any atom is -0.370 e. The van der Waals surface area contributed by atoms with E-state index in [-0.39, 0.29) is 5.82 Å². The van der Waals surface area contributed by atoms with Gasteiger partial charge in [0.15, 0.2) is 0 Å². The Morgan fingerprint density at radius 3 is 2.50 bits per heavy atom. The van der Waals surface area contributed by atoms with Gasteiger partial charge in [-0.3, -0.25) is 0 Å². The average molecular weight is 274 g/mol. The second-order valence-electron chi connectivity index (χ2n) is 4.55. The number of halogens is 1.